The van der Waals surface area contributed by atoms with E-state index in [1.54, 1.807) is 10.4 Å². The van der Waals surface area contributed by atoms with Gasteiger partial charge in [-0.15, -0.1) is 22.7 Å². The summed E-state index contributed by atoms with van der Waals surface area (Å²) in [6.45, 7) is 4.61. The second kappa shape index (κ2) is 11.7. The van der Waals surface area contributed by atoms with E-state index in [4.69, 9.17) is 0 Å². The third-order valence-corrected chi connectivity index (χ3v) is 9.67. The van der Waals surface area contributed by atoms with Crippen molar-refractivity contribution in [2.24, 2.45) is 5.92 Å². The molecule has 1 aliphatic carbocycles. The van der Waals surface area contributed by atoms with E-state index in [1.165, 1.54) is 103 Å². The second-order valence-corrected chi connectivity index (χ2v) is 12.0. The summed E-state index contributed by atoms with van der Waals surface area (Å²) in [7, 11) is 0. The Balaban J connectivity index is 1.32. The summed E-state index contributed by atoms with van der Waals surface area (Å²) >= 11 is 4.00. The molecule has 0 atom stereocenters. The van der Waals surface area contributed by atoms with Gasteiger partial charge in [-0.1, -0.05) is 83.1 Å². The van der Waals surface area contributed by atoms with Gasteiger partial charge in [0.2, 0.25) is 0 Å². The van der Waals surface area contributed by atoms with Crippen LogP contribution >= 0.6 is 22.7 Å². The highest BCUT2D eigenvalue weighted by Gasteiger charge is 2.22. The number of unbranched alkanes of at least 4 members (excludes halogenated alkanes) is 5. The number of benzene rings is 1. The van der Waals surface area contributed by atoms with Gasteiger partial charge in [0.15, 0.2) is 0 Å². The monoisotopic (exact) mass is 452 g/mol. The van der Waals surface area contributed by atoms with Crippen molar-refractivity contribution in [3.63, 3.8) is 0 Å². The highest BCUT2D eigenvalue weighted by atomic mass is 32.1. The van der Waals surface area contributed by atoms with Crippen LogP contribution in [0.15, 0.2) is 36.4 Å². The second-order valence-electron chi connectivity index (χ2n) is 9.70. The summed E-state index contributed by atoms with van der Waals surface area (Å²) in [5.74, 6) is 1.79. The molecule has 3 aromatic rings. The Morgan fingerprint density at radius 2 is 1.45 bits per heavy atom. The molecule has 2 heteroatoms. The SMILES string of the molecule is CCCCCCCc1cc2sc(-c3ccc(C4CCC(CCCC)CC4)cc3)cc2s1. The van der Waals surface area contributed by atoms with E-state index in [9.17, 15) is 0 Å². The van der Waals surface area contributed by atoms with Gasteiger partial charge in [-0.2, -0.15) is 0 Å². The lowest BCUT2D eigenvalue weighted by atomic mass is 9.77. The van der Waals surface area contributed by atoms with Gasteiger partial charge >= 0.3 is 0 Å². The van der Waals surface area contributed by atoms with E-state index in [1.807, 2.05) is 22.7 Å². The van der Waals surface area contributed by atoms with Crippen molar-refractivity contribution in [1.29, 1.82) is 0 Å². The molecule has 0 aliphatic heterocycles. The summed E-state index contributed by atoms with van der Waals surface area (Å²) in [6, 6.07) is 14.5. The Morgan fingerprint density at radius 3 is 2.16 bits per heavy atom. The average molecular weight is 453 g/mol. The van der Waals surface area contributed by atoms with Crippen molar-refractivity contribution in [2.45, 2.75) is 103 Å². The number of hydrogen-bond acceptors (Lipinski definition) is 2. The summed E-state index contributed by atoms with van der Waals surface area (Å²) in [5.41, 5.74) is 2.97. The Labute approximate surface area is 198 Å². The first-order chi connectivity index (χ1) is 15.3. The smallest absolute Gasteiger partial charge is 0.0460 e. The lowest BCUT2D eigenvalue weighted by molar-refractivity contribution is 0.304. The fourth-order valence-corrected chi connectivity index (χ4v) is 7.72. The molecule has 0 saturated heterocycles. The first-order valence-corrected chi connectivity index (χ1v) is 14.5. The Kier molecular flexibility index (Phi) is 8.67. The maximum absolute atomic E-state index is 2.46. The number of thiophene rings is 2. The standard InChI is InChI=1S/C29H40S2/c1-3-5-7-8-9-11-26-20-28-29(30-26)21-27(31-28)25-18-16-24(17-19-25)23-14-12-22(13-15-23)10-6-4-2/h16-23H,3-15H2,1-2H3. The predicted octanol–water partition coefficient (Wildman–Crippen LogP) is 10.6. The number of rotatable bonds is 11. The first kappa shape index (κ1) is 23.1. The average Bonchev–Trinajstić information content (AvgIpc) is 3.37. The first-order valence-electron chi connectivity index (χ1n) is 12.9. The molecular weight excluding hydrogens is 412 g/mol. The quantitative estimate of drug-likeness (QED) is 0.254. The molecule has 0 radical (unpaired) electrons. The van der Waals surface area contributed by atoms with Crippen LogP contribution in [0.2, 0.25) is 0 Å². The molecule has 0 bridgehead atoms. The molecule has 31 heavy (non-hydrogen) atoms. The molecule has 1 aliphatic rings. The van der Waals surface area contributed by atoms with Crippen LogP contribution in [0.3, 0.4) is 0 Å². The van der Waals surface area contributed by atoms with Gasteiger partial charge in [-0.3, -0.25) is 0 Å². The minimum atomic E-state index is 0.790. The van der Waals surface area contributed by atoms with Crippen molar-refractivity contribution < 1.29 is 0 Å². The summed E-state index contributed by atoms with van der Waals surface area (Å²) in [4.78, 5) is 3.01. The van der Waals surface area contributed by atoms with Crippen LogP contribution in [0.1, 0.15) is 107 Å². The highest BCUT2D eigenvalue weighted by Crippen LogP contribution is 2.41. The van der Waals surface area contributed by atoms with E-state index in [-0.39, 0.29) is 0 Å². The predicted molar refractivity (Wildman–Crippen MR) is 142 cm³/mol. The molecule has 1 fully saturated rings. The lowest BCUT2D eigenvalue weighted by Gasteiger charge is -2.28. The van der Waals surface area contributed by atoms with Crippen molar-refractivity contribution in [1.82, 2.24) is 0 Å². The van der Waals surface area contributed by atoms with Gasteiger partial charge < -0.3 is 0 Å². The largest absolute Gasteiger partial charge is 0.139 e. The third-order valence-electron chi connectivity index (χ3n) is 7.26. The molecule has 2 aromatic heterocycles. The molecule has 4 rings (SSSR count). The fraction of sp³-hybridized carbons (Fsp3) is 0.586. The van der Waals surface area contributed by atoms with Crippen molar-refractivity contribution in [3.05, 3.63) is 46.8 Å². The van der Waals surface area contributed by atoms with E-state index < -0.39 is 0 Å². The Morgan fingerprint density at radius 1 is 0.742 bits per heavy atom. The molecule has 168 valence electrons. The molecule has 0 amide bonds. The maximum Gasteiger partial charge on any atom is 0.0460 e. The van der Waals surface area contributed by atoms with Gasteiger partial charge in [0.1, 0.15) is 0 Å². The van der Waals surface area contributed by atoms with Crippen LogP contribution in [-0.2, 0) is 6.42 Å². The zero-order chi connectivity index (χ0) is 21.5. The molecule has 0 nitrogen and oxygen atoms in total. The van der Waals surface area contributed by atoms with E-state index >= 15 is 0 Å². The Bertz CT molecular complexity index is 875. The van der Waals surface area contributed by atoms with E-state index in [0.29, 0.717) is 0 Å². The molecular formula is C29H40S2. The minimum Gasteiger partial charge on any atom is -0.139 e. The van der Waals surface area contributed by atoms with Crippen molar-refractivity contribution in [2.75, 3.05) is 0 Å². The van der Waals surface area contributed by atoms with Gasteiger partial charge in [0.25, 0.3) is 0 Å². The van der Waals surface area contributed by atoms with Gasteiger partial charge in [0.05, 0.1) is 0 Å². The molecule has 0 unspecified atom stereocenters. The fourth-order valence-electron chi connectivity index (χ4n) is 5.25. The number of aryl methyl sites for hydroxylation is 1. The molecule has 0 N–H and O–H groups in total. The van der Waals surface area contributed by atoms with Crippen molar-refractivity contribution >= 4 is 32.1 Å². The van der Waals surface area contributed by atoms with E-state index in [2.05, 4.69) is 50.2 Å². The zero-order valence-corrected chi connectivity index (χ0v) is 21.3. The number of fused-ring (bicyclic) bond motifs is 1. The van der Waals surface area contributed by atoms with Crippen molar-refractivity contribution in [3.8, 4) is 10.4 Å². The summed E-state index contributed by atoms with van der Waals surface area (Å²) in [6.07, 6.45) is 18.0. The highest BCUT2D eigenvalue weighted by molar-refractivity contribution is 7.29. The molecule has 0 spiro atoms. The summed E-state index contributed by atoms with van der Waals surface area (Å²) < 4.78 is 2.97. The normalized spacial score (nSPS) is 19.3. The van der Waals surface area contributed by atoms with Crippen LogP contribution in [0.4, 0.5) is 0 Å². The third kappa shape index (κ3) is 6.23. The molecule has 1 aromatic carbocycles. The maximum atomic E-state index is 2.46. The van der Waals surface area contributed by atoms with Gasteiger partial charge in [0, 0.05) is 19.2 Å². The topological polar surface area (TPSA) is 0 Å². The van der Waals surface area contributed by atoms with Gasteiger partial charge in [-0.05, 0) is 73.6 Å². The zero-order valence-electron chi connectivity index (χ0n) is 19.6. The molecule has 2 heterocycles. The molecule has 1 saturated carbocycles. The van der Waals surface area contributed by atoms with Gasteiger partial charge in [-0.25, -0.2) is 0 Å². The van der Waals surface area contributed by atoms with Crippen LogP contribution in [-0.4, -0.2) is 0 Å². The van der Waals surface area contributed by atoms with Crippen LogP contribution < -0.4 is 0 Å². The summed E-state index contributed by atoms with van der Waals surface area (Å²) in [5, 5.41) is 0. The lowest BCUT2D eigenvalue weighted by Crippen LogP contribution is -2.13. The van der Waals surface area contributed by atoms with Crippen LogP contribution in [0.5, 0.6) is 0 Å². The number of hydrogen-bond donors (Lipinski definition) is 0. The van der Waals surface area contributed by atoms with E-state index in [0.717, 1.165) is 11.8 Å². The van der Waals surface area contributed by atoms with Crippen LogP contribution in [0, 0.1) is 5.92 Å². The van der Waals surface area contributed by atoms with Crippen LogP contribution in [0.25, 0.3) is 19.8 Å². The Hall–Kier alpha value is -1.12. The minimum absolute atomic E-state index is 0.790.